The molecular formula is C16H21NO4. The molecule has 1 heterocycles. The number of aliphatic carboxylic acids is 1. The third kappa shape index (κ3) is 3.97. The van der Waals surface area contributed by atoms with Crippen LogP contribution < -0.4 is 10.1 Å². The smallest absolute Gasteiger partial charge is 0.305 e. The van der Waals surface area contributed by atoms with Crippen molar-refractivity contribution in [3.8, 4) is 5.75 Å². The lowest BCUT2D eigenvalue weighted by molar-refractivity contribution is -0.138. The molecule has 21 heavy (non-hydrogen) atoms. The number of carboxylic acids is 1. The van der Waals surface area contributed by atoms with Gasteiger partial charge in [-0.1, -0.05) is 32.0 Å². The predicted octanol–water partition coefficient (Wildman–Crippen LogP) is 1.85. The number of amides is 1. The molecule has 0 radical (unpaired) electrons. The summed E-state index contributed by atoms with van der Waals surface area (Å²) in [6.07, 6.45) is 0.563. The molecule has 1 aliphatic heterocycles. The normalized spacial score (nSPS) is 18.5. The maximum absolute atomic E-state index is 12.3. The van der Waals surface area contributed by atoms with Gasteiger partial charge < -0.3 is 15.2 Å². The molecular weight excluding hydrogens is 270 g/mol. The molecule has 0 saturated heterocycles. The molecule has 2 unspecified atom stereocenters. The number of nitrogens with one attached hydrogen (secondary N) is 1. The number of carboxylic acid groups (broad SMARTS) is 1. The van der Waals surface area contributed by atoms with E-state index in [4.69, 9.17) is 9.84 Å². The largest absolute Gasteiger partial charge is 0.492 e. The summed E-state index contributed by atoms with van der Waals surface area (Å²) in [5.41, 5.74) is 1.02. The van der Waals surface area contributed by atoms with Crippen LogP contribution in [0.15, 0.2) is 24.3 Å². The predicted molar refractivity (Wildman–Crippen MR) is 78.2 cm³/mol. The molecule has 2 rings (SSSR count). The van der Waals surface area contributed by atoms with Gasteiger partial charge in [-0.05, 0) is 24.0 Å². The fraction of sp³-hybridized carbons (Fsp3) is 0.500. The topological polar surface area (TPSA) is 75.6 Å². The molecule has 5 nitrogen and oxygen atoms in total. The summed E-state index contributed by atoms with van der Waals surface area (Å²) in [6.45, 7) is 4.14. The quantitative estimate of drug-likeness (QED) is 0.868. The second kappa shape index (κ2) is 6.61. The minimum absolute atomic E-state index is 0.0619. The van der Waals surface area contributed by atoms with Crippen molar-refractivity contribution in [1.82, 2.24) is 5.32 Å². The molecule has 1 aromatic rings. The molecule has 0 spiro atoms. The summed E-state index contributed by atoms with van der Waals surface area (Å²) in [5.74, 6) is -0.409. The fourth-order valence-electron chi connectivity index (χ4n) is 2.44. The van der Waals surface area contributed by atoms with Crippen LogP contribution in [-0.4, -0.2) is 29.6 Å². The first kappa shape index (κ1) is 15.4. The Balaban J connectivity index is 1.99. The van der Waals surface area contributed by atoms with E-state index in [0.29, 0.717) is 13.0 Å². The van der Waals surface area contributed by atoms with Crippen molar-refractivity contribution in [2.75, 3.05) is 6.61 Å². The molecule has 1 aliphatic rings. The minimum atomic E-state index is -0.903. The van der Waals surface area contributed by atoms with E-state index in [1.165, 1.54) is 0 Å². The number of ether oxygens (including phenoxy) is 1. The van der Waals surface area contributed by atoms with Crippen molar-refractivity contribution in [3.63, 3.8) is 0 Å². The molecule has 2 atom stereocenters. The molecule has 0 aliphatic carbocycles. The number of para-hydroxylation sites is 1. The van der Waals surface area contributed by atoms with Crippen LogP contribution in [0, 0.1) is 11.8 Å². The van der Waals surface area contributed by atoms with E-state index < -0.39 is 5.97 Å². The Bertz CT molecular complexity index is 527. The molecule has 0 fully saturated rings. The van der Waals surface area contributed by atoms with E-state index in [2.05, 4.69) is 5.32 Å². The van der Waals surface area contributed by atoms with Gasteiger partial charge in [0.05, 0.1) is 12.3 Å². The van der Waals surface area contributed by atoms with Gasteiger partial charge in [0, 0.05) is 6.04 Å². The zero-order chi connectivity index (χ0) is 15.4. The number of benzene rings is 1. The van der Waals surface area contributed by atoms with Crippen LogP contribution in [-0.2, 0) is 16.0 Å². The Labute approximate surface area is 124 Å². The van der Waals surface area contributed by atoms with Crippen LogP contribution in [0.1, 0.15) is 25.8 Å². The first-order valence-corrected chi connectivity index (χ1v) is 7.20. The molecule has 0 saturated carbocycles. The third-order valence-corrected chi connectivity index (χ3v) is 3.78. The lowest BCUT2D eigenvalue weighted by atomic mass is 9.94. The Hall–Kier alpha value is -2.04. The van der Waals surface area contributed by atoms with E-state index in [-0.39, 0.29) is 30.2 Å². The van der Waals surface area contributed by atoms with Crippen molar-refractivity contribution in [2.24, 2.45) is 11.8 Å². The highest BCUT2D eigenvalue weighted by atomic mass is 16.5. The lowest BCUT2D eigenvalue weighted by Gasteiger charge is -2.27. The van der Waals surface area contributed by atoms with E-state index in [9.17, 15) is 9.59 Å². The standard InChI is InChI=1S/C16H21NO4/c1-10(2)13(8-15(18)19)17-16(20)12-7-11-5-3-4-6-14(11)21-9-12/h3-6,10,12-13H,7-9H2,1-2H3,(H,17,20)(H,18,19). The Morgan fingerprint density at radius 2 is 2.10 bits per heavy atom. The van der Waals surface area contributed by atoms with E-state index in [1.54, 1.807) is 0 Å². The number of hydrogen-bond acceptors (Lipinski definition) is 3. The molecule has 0 bridgehead atoms. The van der Waals surface area contributed by atoms with Crippen molar-refractivity contribution in [2.45, 2.75) is 32.7 Å². The average Bonchev–Trinajstić information content (AvgIpc) is 2.45. The van der Waals surface area contributed by atoms with Gasteiger partial charge in [0.1, 0.15) is 12.4 Å². The minimum Gasteiger partial charge on any atom is -0.492 e. The van der Waals surface area contributed by atoms with Crippen LogP contribution in [0.2, 0.25) is 0 Å². The number of hydrogen-bond donors (Lipinski definition) is 2. The van der Waals surface area contributed by atoms with Gasteiger partial charge in [-0.3, -0.25) is 9.59 Å². The lowest BCUT2D eigenvalue weighted by Crippen LogP contribution is -2.45. The maximum atomic E-state index is 12.3. The van der Waals surface area contributed by atoms with Crippen molar-refractivity contribution < 1.29 is 19.4 Å². The molecule has 5 heteroatoms. The van der Waals surface area contributed by atoms with Gasteiger partial charge in [0.25, 0.3) is 0 Å². The van der Waals surface area contributed by atoms with Gasteiger partial charge in [0.2, 0.25) is 5.91 Å². The van der Waals surface area contributed by atoms with Crippen molar-refractivity contribution in [1.29, 1.82) is 0 Å². The van der Waals surface area contributed by atoms with Gasteiger partial charge in [0.15, 0.2) is 0 Å². The van der Waals surface area contributed by atoms with Gasteiger partial charge in [-0.2, -0.15) is 0 Å². The van der Waals surface area contributed by atoms with Crippen LogP contribution >= 0.6 is 0 Å². The highest BCUT2D eigenvalue weighted by molar-refractivity contribution is 5.80. The first-order valence-electron chi connectivity index (χ1n) is 7.20. The van der Waals surface area contributed by atoms with Crippen LogP contribution in [0.3, 0.4) is 0 Å². The number of fused-ring (bicyclic) bond motifs is 1. The zero-order valence-electron chi connectivity index (χ0n) is 12.3. The van der Waals surface area contributed by atoms with E-state index in [0.717, 1.165) is 11.3 Å². The van der Waals surface area contributed by atoms with E-state index >= 15 is 0 Å². The second-order valence-electron chi connectivity index (χ2n) is 5.78. The summed E-state index contributed by atoms with van der Waals surface area (Å²) >= 11 is 0. The number of rotatable bonds is 5. The Morgan fingerprint density at radius 1 is 1.38 bits per heavy atom. The van der Waals surface area contributed by atoms with Gasteiger partial charge in [-0.25, -0.2) is 0 Å². The summed E-state index contributed by atoms with van der Waals surface area (Å²) in [7, 11) is 0. The van der Waals surface area contributed by atoms with Gasteiger partial charge in [-0.15, -0.1) is 0 Å². The van der Waals surface area contributed by atoms with Crippen LogP contribution in [0.5, 0.6) is 5.75 Å². The third-order valence-electron chi connectivity index (χ3n) is 3.78. The summed E-state index contributed by atoms with van der Waals surface area (Å²) < 4.78 is 5.60. The SMILES string of the molecule is CC(C)C(CC(=O)O)NC(=O)C1COc2ccccc2C1. The van der Waals surface area contributed by atoms with E-state index in [1.807, 2.05) is 38.1 Å². The molecule has 2 N–H and O–H groups in total. The molecule has 1 aromatic carbocycles. The van der Waals surface area contributed by atoms with Crippen LogP contribution in [0.25, 0.3) is 0 Å². The van der Waals surface area contributed by atoms with Crippen LogP contribution in [0.4, 0.5) is 0 Å². The summed E-state index contributed by atoms with van der Waals surface area (Å²) in [4.78, 5) is 23.2. The summed E-state index contributed by atoms with van der Waals surface area (Å²) in [6, 6.07) is 7.31. The fourth-order valence-corrected chi connectivity index (χ4v) is 2.44. The number of carbonyl (C=O) groups excluding carboxylic acids is 1. The first-order chi connectivity index (χ1) is 9.97. The highest BCUT2D eigenvalue weighted by Gasteiger charge is 2.28. The highest BCUT2D eigenvalue weighted by Crippen LogP contribution is 2.27. The Morgan fingerprint density at radius 3 is 2.76 bits per heavy atom. The van der Waals surface area contributed by atoms with Crippen molar-refractivity contribution in [3.05, 3.63) is 29.8 Å². The molecule has 1 amide bonds. The van der Waals surface area contributed by atoms with Gasteiger partial charge >= 0.3 is 5.97 Å². The monoisotopic (exact) mass is 291 g/mol. The molecule has 0 aromatic heterocycles. The summed E-state index contributed by atoms with van der Waals surface area (Å²) in [5, 5.41) is 11.8. The average molecular weight is 291 g/mol. The zero-order valence-corrected chi connectivity index (χ0v) is 12.3. The molecule has 114 valence electrons. The Kier molecular flexibility index (Phi) is 4.83. The van der Waals surface area contributed by atoms with Crippen molar-refractivity contribution >= 4 is 11.9 Å². The maximum Gasteiger partial charge on any atom is 0.305 e. The second-order valence-corrected chi connectivity index (χ2v) is 5.78. The number of carbonyl (C=O) groups is 2.